The van der Waals surface area contributed by atoms with Gasteiger partial charge in [-0.2, -0.15) is 0 Å². The number of sulfonamides is 1. The summed E-state index contributed by atoms with van der Waals surface area (Å²) in [6, 6.07) is 16.5. The number of anilines is 1. The molecule has 0 radical (unpaired) electrons. The average Bonchev–Trinajstić information content (AvgIpc) is 3.01. The Morgan fingerprint density at radius 2 is 1.31 bits per heavy atom. The molecule has 0 spiro atoms. The van der Waals surface area contributed by atoms with E-state index in [1.807, 2.05) is 0 Å². The fraction of sp³-hybridized carbons (Fsp3) is 0.125. The second-order valence-corrected chi connectivity index (χ2v) is 10.2. The largest absolute Gasteiger partial charge is 0.283 e. The van der Waals surface area contributed by atoms with Crippen molar-refractivity contribution in [3.05, 3.63) is 70.7 Å². The predicted molar refractivity (Wildman–Crippen MR) is 99.9 cm³/mol. The van der Waals surface area contributed by atoms with Gasteiger partial charge in [0.15, 0.2) is 9.84 Å². The van der Waals surface area contributed by atoms with Crippen molar-refractivity contribution in [3.8, 4) is 0 Å². The van der Waals surface area contributed by atoms with E-state index in [4.69, 9.17) is 0 Å². The van der Waals surface area contributed by atoms with Gasteiger partial charge in [0, 0.05) is 5.69 Å². The van der Waals surface area contributed by atoms with Gasteiger partial charge in [-0.15, -0.1) is 10.2 Å². The first-order valence-corrected chi connectivity index (χ1v) is 11.6. The van der Waals surface area contributed by atoms with Crippen molar-refractivity contribution in [2.45, 2.75) is 16.4 Å². The standard InChI is InChI=1S/C16H15N3O4S3/c20-25(21,14-9-5-2-6-10-14)11-15-17-18-16(24-15)12-26(22,23)19-13-7-3-1-4-8-13/h1-10,19H,11-12H2. The smallest absolute Gasteiger partial charge is 0.239 e. The first-order valence-electron chi connectivity index (χ1n) is 7.49. The van der Waals surface area contributed by atoms with Gasteiger partial charge >= 0.3 is 0 Å². The summed E-state index contributed by atoms with van der Waals surface area (Å²) in [5, 5.41) is 8.10. The maximum Gasteiger partial charge on any atom is 0.239 e. The van der Waals surface area contributed by atoms with E-state index in [-0.39, 0.29) is 26.4 Å². The van der Waals surface area contributed by atoms with Crippen molar-refractivity contribution in [2.24, 2.45) is 0 Å². The molecule has 0 saturated carbocycles. The van der Waals surface area contributed by atoms with E-state index in [0.717, 1.165) is 11.3 Å². The van der Waals surface area contributed by atoms with Crippen LogP contribution >= 0.6 is 11.3 Å². The van der Waals surface area contributed by atoms with Crippen LogP contribution in [-0.4, -0.2) is 27.0 Å². The minimum Gasteiger partial charge on any atom is -0.283 e. The molecule has 1 aromatic heterocycles. The van der Waals surface area contributed by atoms with E-state index in [9.17, 15) is 16.8 Å². The lowest BCUT2D eigenvalue weighted by Crippen LogP contribution is -2.14. The number of nitrogens with zero attached hydrogens (tertiary/aromatic N) is 2. The molecule has 0 bridgehead atoms. The van der Waals surface area contributed by atoms with Crippen LogP contribution in [0.1, 0.15) is 10.0 Å². The third-order valence-electron chi connectivity index (χ3n) is 3.29. The zero-order valence-corrected chi connectivity index (χ0v) is 15.9. The van der Waals surface area contributed by atoms with Gasteiger partial charge in [-0.1, -0.05) is 47.7 Å². The highest BCUT2D eigenvalue weighted by Gasteiger charge is 2.20. The van der Waals surface area contributed by atoms with Gasteiger partial charge in [0.2, 0.25) is 10.0 Å². The van der Waals surface area contributed by atoms with Gasteiger partial charge in [-0.25, -0.2) is 16.8 Å². The minimum atomic E-state index is -3.66. The van der Waals surface area contributed by atoms with E-state index in [1.54, 1.807) is 48.5 Å². The highest BCUT2D eigenvalue weighted by Crippen LogP contribution is 2.20. The summed E-state index contributed by atoms with van der Waals surface area (Å²) in [4.78, 5) is 0.190. The number of aromatic nitrogens is 2. The van der Waals surface area contributed by atoms with E-state index in [1.165, 1.54) is 12.1 Å². The predicted octanol–water partition coefficient (Wildman–Crippen LogP) is 2.45. The summed E-state index contributed by atoms with van der Waals surface area (Å²) < 4.78 is 51.5. The van der Waals surface area contributed by atoms with Crippen molar-refractivity contribution in [2.75, 3.05) is 4.72 Å². The highest BCUT2D eigenvalue weighted by molar-refractivity contribution is 7.92. The summed E-state index contributed by atoms with van der Waals surface area (Å²) in [5.74, 6) is -0.689. The normalized spacial score (nSPS) is 12.0. The molecule has 0 atom stereocenters. The Morgan fingerprint density at radius 1 is 0.769 bits per heavy atom. The van der Waals surface area contributed by atoms with E-state index in [0.29, 0.717) is 5.69 Å². The summed E-state index contributed by atoms with van der Waals surface area (Å²) in [6.45, 7) is 0. The molecule has 0 saturated heterocycles. The zero-order chi connectivity index (χ0) is 18.6. The molecule has 0 aliphatic heterocycles. The first kappa shape index (κ1) is 18.5. The van der Waals surface area contributed by atoms with E-state index >= 15 is 0 Å². The summed E-state index contributed by atoms with van der Waals surface area (Å²) in [7, 11) is -7.21. The second kappa shape index (κ2) is 7.52. The molecule has 0 aliphatic rings. The van der Waals surface area contributed by atoms with Gasteiger partial charge in [0.05, 0.1) is 4.90 Å². The number of sulfone groups is 1. The third kappa shape index (κ3) is 4.87. The van der Waals surface area contributed by atoms with Crippen molar-refractivity contribution in [3.63, 3.8) is 0 Å². The molecule has 0 fully saturated rings. The number of hydrogen-bond acceptors (Lipinski definition) is 7. The first-order chi connectivity index (χ1) is 12.3. The van der Waals surface area contributed by atoms with Crippen LogP contribution in [0.3, 0.4) is 0 Å². The van der Waals surface area contributed by atoms with Crippen LogP contribution in [0.2, 0.25) is 0 Å². The maximum atomic E-state index is 12.3. The van der Waals surface area contributed by atoms with Crippen LogP contribution < -0.4 is 4.72 Å². The van der Waals surface area contributed by atoms with Crippen LogP contribution in [0.5, 0.6) is 0 Å². The fourth-order valence-electron chi connectivity index (χ4n) is 2.16. The number of rotatable bonds is 7. The Bertz CT molecular complexity index is 1080. The van der Waals surface area contributed by atoms with Crippen LogP contribution in [0.15, 0.2) is 65.6 Å². The fourth-order valence-corrected chi connectivity index (χ4v) is 6.07. The van der Waals surface area contributed by atoms with Crippen molar-refractivity contribution < 1.29 is 16.8 Å². The van der Waals surface area contributed by atoms with E-state index in [2.05, 4.69) is 14.9 Å². The van der Waals surface area contributed by atoms with Crippen molar-refractivity contribution >= 4 is 36.9 Å². The molecule has 1 heterocycles. The van der Waals surface area contributed by atoms with Crippen LogP contribution in [0.25, 0.3) is 0 Å². The molecule has 0 unspecified atom stereocenters. The van der Waals surface area contributed by atoms with E-state index < -0.39 is 19.9 Å². The summed E-state index contributed by atoms with van der Waals surface area (Å²) in [6.07, 6.45) is 0. The second-order valence-electron chi connectivity index (χ2n) is 5.39. The highest BCUT2D eigenvalue weighted by atomic mass is 32.2. The van der Waals surface area contributed by atoms with Gasteiger partial charge in [0.1, 0.15) is 21.5 Å². The molecule has 3 aromatic rings. The molecule has 3 rings (SSSR count). The average molecular weight is 410 g/mol. The SMILES string of the molecule is O=S(=O)(Cc1nnc(CS(=O)(=O)c2ccccc2)s1)Nc1ccccc1. The van der Waals surface area contributed by atoms with Crippen molar-refractivity contribution in [1.29, 1.82) is 0 Å². The molecule has 26 heavy (non-hydrogen) atoms. The Morgan fingerprint density at radius 3 is 1.92 bits per heavy atom. The monoisotopic (exact) mass is 409 g/mol. The Labute approximate surface area is 155 Å². The Kier molecular flexibility index (Phi) is 5.35. The summed E-state index contributed by atoms with van der Waals surface area (Å²) in [5.41, 5.74) is 0.448. The molecule has 136 valence electrons. The Hall–Kier alpha value is -2.30. The number of benzene rings is 2. The number of para-hydroxylation sites is 1. The lowest BCUT2D eigenvalue weighted by atomic mass is 10.3. The molecule has 1 N–H and O–H groups in total. The molecule has 7 nitrogen and oxygen atoms in total. The molecule has 0 aliphatic carbocycles. The third-order valence-corrected chi connectivity index (χ3v) is 7.42. The van der Waals surface area contributed by atoms with Gasteiger partial charge in [-0.05, 0) is 24.3 Å². The number of hydrogen-bond donors (Lipinski definition) is 1. The minimum absolute atomic E-state index is 0.190. The number of nitrogens with one attached hydrogen (secondary N) is 1. The van der Waals surface area contributed by atoms with Crippen molar-refractivity contribution in [1.82, 2.24) is 10.2 Å². The Balaban J connectivity index is 1.70. The van der Waals surface area contributed by atoms with Gasteiger partial charge in [0.25, 0.3) is 0 Å². The van der Waals surface area contributed by atoms with Gasteiger partial charge in [-0.3, -0.25) is 4.72 Å². The van der Waals surface area contributed by atoms with Crippen LogP contribution in [-0.2, 0) is 31.4 Å². The van der Waals surface area contributed by atoms with Gasteiger partial charge < -0.3 is 0 Å². The maximum absolute atomic E-state index is 12.3. The van der Waals surface area contributed by atoms with Crippen LogP contribution in [0, 0.1) is 0 Å². The lowest BCUT2D eigenvalue weighted by molar-refractivity contribution is 0.594. The zero-order valence-electron chi connectivity index (χ0n) is 13.4. The molecule has 0 amide bonds. The summed E-state index contributed by atoms with van der Waals surface area (Å²) >= 11 is 0.971. The van der Waals surface area contributed by atoms with Crippen LogP contribution in [0.4, 0.5) is 5.69 Å². The molecular weight excluding hydrogens is 394 g/mol. The lowest BCUT2D eigenvalue weighted by Gasteiger charge is -2.05. The molecular formula is C16H15N3O4S3. The molecule has 2 aromatic carbocycles. The topological polar surface area (TPSA) is 106 Å². The quantitative estimate of drug-likeness (QED) is 0.642. The molecule has 10 heteroatoms.